The van der Waals surface area contributed by atoms with Gasteiger partial charge in [-0.1, -0.05) is 6.92 Å². The summed E-state index contributed by atoms with van der Waals surface area (Å²) in [5.74, 6) is 0.873. The number of likely N-dealkylation sites (N-methyl/N-ethyl adjacent to an activating group) is 1. The Morgan fingerprint density at radius 1 is 1.24 bits per heavy atom. The topological polar surface area (TPSA) is 49.5 Å². The third-order valence-electron chi connectivity index (χ3n) is 4.55. The van der Waals surface area contributed by atoms with Crippen LogP contribution in [0.5, 0.6) is 0 Å². The minimum Gasteiger partial charge on any atom is -0.396 e. The fourth-order valence-electron chi connectivity index (χ4n) is 2.92. The lowest BCUT2D eigenvalue weighted by Gasteiger charge is -2.45. The molecule has 1 fully saturated rings. The number of hydrogen-bond acceptors (Lipinski definition) is 3. The highest BCUT2D eigenvalue weighted by Gasteiger charge is 2.36. The molecule has 17 heavy (non-hydrogen) atoms. The highest BCUT2D eigenvalue weighted by atomic mass is 16.2. The van der Waals surface area contributed by atoms with Crippen molar-refractivity contribution in [3.05, 3.63) is 0 Å². The summed E-state index contributed by atoms with van der Waals surface area (Å²) in [7, 11) is 2.22. The zero-order valence-corrected chi connectivity index (χ0v) is 11.6. The predicted octanol–water partition coefficient (Wildman–Crippen LogP) is 1.99. The molecule has 0 aliphatic heterocycles. The van der Waals surface area contributed by atoms with Gasteiger partial charge in [0.2, 0.25) is 0 Å². The standard InChI is InChI=1S/C14H30N2O/c1-13-6-8-14(12-15,9-7-13)16(2)10-4-3-5-11-17/h13,17H,3-12,15H2,1-2H3. The van der Waals surface area contributed by atoms with Gasteiger partial charge in [0.05, 0.1) is 0 Å². The van der Waals surface area contributed by atoms with Crippen LogP contribution in [-0.4, -0.2) is 42.3 Å². The van der Waals surface area contributed by atoms with Gasteiger partial charge in [0.25, 0.3) is 0 Å². The molecule has 0 aromatic carbocycles. The minimum atomic E-state index is 0.256. The third-order valence-corrected chi connectivity index (χ3v) is 4.55. The Hall–Kier alpha value is -0.120. The molecule has 1 aliphatic carbocycles. The van der Waals surface area contributed by atoms with Gasteiger partial charge in [0.1, 0.15) is 0 Å². The largest absolute Gasteiger partial charge is 0.396 e. The summed E-state index contributed by atoms with van der Waals surface area (Å²) in [5.41, 5.74) is 6.29. The van der Waals surface area contributed by atoms with Gasteiger partial charge in [-0.25, -0.2) is 0 Å². The molecule has 0 amide bonds. The molecular formula is C14H30N2O. The zero-order valence-electron chi connectivity index (χ0n) is 11.6. The Balaban J connectivity index is 2.37. The monoisotopic (exact) mass is 242 g/mol. The van der Waals surface area contributed by atoms with Crippen LogP contribution < -0.4 is 5.73 Å². The summed E-state index contributed by atoms with van der Waals surface area (Å²) in [5, 5.41) is 8.77. The molecule has 1 saturated carbocycles. The van der Waals surface area contributed by atoms with Crippen molar-refractivity contribution in [1.82, 2.24) is 4.90 Å². The van der Waals surface area contributed by atoms with E-state index in [0.29, 0.717) is 6.61 Å². The molecule has 0 radical (unpaired) electrons. The third kappa shape index (κ3) is 4.23. The van der Waals surface area contributed by atoms with Crippen molar-refractivity contribution in [2.24, 2.45) is 11.7 Å². The maximum Gasteiger partial charge on any atom is 0.0431 e. The van der Waals surface area contributed by atoms with Crippen molar-refractivity contribution in [2.45, 2.75) is 57.4 Å². The molecule has 1 aliphatic rings. The molecule has 0 heterocycles. The number of rotatable bonds is 7. The van der Waals surface area contributed by atoms with Crippen molar-refractivity contribution in [1.29, 1.82) is 0 Å². The van der Waals surface area contributed by atoms with Crippen molar-refractivity contribution >= 4 is 0 Å². The van der Waals surface area contributed by atoms with Crippen molar-refractivity contribution in [3.8, 4) is 0 Å². The van der Waals surface area contributed by atoms with E-state index >= 15 is 0 Å². The normalized spacial score (nSPS) is 29.8. The van der Waals surface area contributed by atoms with Crippen molar-refractivity contribution in [3.63, 3.8) is 0 Å². The lowest BCUT2D eigenvalue weighted by molar-refractivity contribution is 0.0660. The van der Waals surface area contributed by atoms with Crippen molar-refractivity contribution in [2.75, 3.05) is 26.7 Å². The van der Waals surface area contributed by atoms with Gasteiger partial charge in [-0.15, -0.1) is 0 Å². The van der Waals surface area contributed by atoms with E-state index in [1.807, 2.05) is 0 Å². The van der Waals surface area contributed by atoms with Gasteiger partial charge in [-0.05, 0) is 64.5 Å². The number of nitrogens with two attached hydrogens (primary N) is 1. The van der Waals surface area contributed by atoms with Crippen LogP contribution in [0.4, 0.5) is 0 Å². The number of nitrogens with zero attached hydrogens (tertiary/aromatic N) is 1. The second-order valence-electron chi connectivity index (χ2n) is 5.82. The summed E-state index contributed by atoms with van der Waals surface area (Å²) in [6.07, 6.45) is 8.37. The molecule has 3 heteroatoms. The van der Waals surface area contributed by atoms with E-state index in [2.05, 4.69) is 18.9 Å². The van der Waals surface area contributed by atoms with E-state index in [1.54, 1.807) is 0 Å². The Morgan fingerprint density at radius 3 is 2.41 bits per heavy atom. The van der Waals surface area contributed by atoms with E-state index < -0.39 is 0 Å². The molecule has 0 bridgehead atoms. The summed E-state index contributed by atoms with van der Waals surface area (Å²) < 4.78 is 0. The molecule has 1 rings (SSSR count). The first kappa shape index (κ1) is 14.9. The average Bonchev–Trinajstić information content (AvgIpc) is 2.36. The molecule has 0 aromatic heterocycles. The van der Waals surface area contributed by atoms with Gasteiger partial charge >= 0.3 is 0 Å². The van der Waals surface area contributed by atoms with Crippen LogP contribution in [0.1, 0.15) is 51.9 Å². The molecule has 3 nitrogen and oxygen atoms in total. The van der Waals surface area contributed by atoms with E-state index in [-0.39, 0.29) is 5.54 Å². The molecule has 0 atom stereocenters. The molecule has 0 unspecified atom stereocenters. The highest BCUT2D eigenvalue weighted by molar-refractivity contribution is 4.94. The maximum atomic E-state index is 8.77. The molecule has 102 valence electrons. The Morgan fingerprint density at radius 2 is 1.88 bits per heavy atom. The number of aliphatic hydroxyl groups is 1. The molecular weight excluding hydrogens is 212 g/mol. The van der Waals surface area contributed by atoms with E-state index in [1.165, 1.54) is 32.1 Å². The van der Waals surface area contributed by atoms with Crippen LogP contribution in [0, 0.1) is 5.92 Å². The second-order valence-corrected chi connectivity index (χ2v) is 5.82. The van der Waals surface area contributed by atoms with Gasteiger partial charge in [-0.3, -0.25) is 4.90 Å². The Labute approximate surface area is 106 Å². The molecule has 0 spiro atoms. The molecule has 0 saturated heterocycles. The Kier molecular flexibility index (Phi) is 6.45. The lowest BCUT2D eigenvalue weighted by atomic mass is 9.76. The van der Waals surface area contributed by atoms with Gasteiger partial charge in [0.15, 0.2) is 0 Å². The molecule has 3 N–H and O–H groups in total. The van der Waals surface area contributed by atoms with Crippen LogP contribution in [0.25, 0.3) is 0 Å². The second kappa shape index (κ2) is 7.34. The number of unbranched alkanes of at least 4 members (excludes halogenated alkanes) is 2. The summed E-state index contributed by atoms with van der Waals surface area (Å²) >= 11 is 0. The smallest absolute Gasteiger partial charge is 0.0431 e. The molecule has 0 aromatic rings. The van der Waals surface area contributed by atoms with Crippen LogP contribution in [0.2, 0.25) is 0 Å². The number of aliphatic hydroxyl groups excluding tert-OH is 1. The first-order valence-corrected chi connectivity index (χ1v) is 7.17. The van der Waals surface area contributed by atoms with E-state index in [9.17, 15) is 0 Å². The van der Waals surface area contributed by atoms with Crippen LogP contribution in [0.3, 0.4) is 0 Å². The maximum absolute atomic E-state index is 8.77. The number of hydrogen-bond donors (Lipinski definition) is 2. The average molecular weight is 242 g/mol. The quantitative estimate of drug-likeness (QED) is 0.671. The summed E-state index contributed by atoms with van der Waals surface area (Å²) in [6.45, 7) is 4.58. The highest BCUT2D eigenvalue weighted by Crippen LogP contribution is 2.35. The van der Waals surface area contributed by atoms with Gasteiger partial charge < -0.3 is 10.8 Å². The van der Waals surface area contributed by atoms with E-state index in [0.717, 1.165) is 31.8 Å². The predicted molar refractivity (Wildman–Crippen MR) is 73.0 cm³/mol. The summed E-state index contributed by atoms with van der Waals surface area (Å²) in [6, 6.07) is 0. The SMILES string of the molecule is CC1CCC(CN)(N(C)CCCCCO)CC1. The van der Waals surface area contributed by atoms with E-state index in [4.69, 9.17) is 10.8 Å². The van der Waals surface area contributed by atoms with Crippen LogP contribution >= 0.6 is 0 Å². The lowest BCUT2D eigenvalue weighted by Crippen LogP contribution is -2.54. The van der Waals surface area contributed by atoms with Gasteiger partial charge in [0, 0.05) is 18.7 Å². The first-order chi connectivity index (χ1) is 8.14. The fraction of sp³-hybridized carbons (Fsp3) is 1.00. The summed E-state index contributed by atoms with van der Waals surface area (Å²) in [4.78, 5) is 2.48. The van der Waals surface area contributed by atoms with Crippen LogP contribution in [0.15, 0.2) is 0 Å². The minimum absolute atomic E-state index is 0.256. The van der Waals surface area contributed by atoms with Crippen LogP contribution in [-0.2, 0) is 0 Å². The van der Waals surface area contributed by atoms with Gasteiger partial charge in [-0.2, -0.15) is 0 Å². The Bertz CT molecular complexity index is 200. The first-order valence-electron chi connectivity index (χ1n) is 7.17. The zero-order chi connectivity index (χ0) is 12.7. The van der Waals surface area contributed by atoms with Crippen molar-refractivity contribution < 1.29 is 5.11 Å². The fourth-order valence-corrected chi connectivity index (χ4v) is 2.92.